The Morgan fingerprint density at radius 1 is 1.50 bits per heavy atom. The van der Waals surface area contributed by atoms with Gasteiger partial charge in [0.25, 0.3) is 11.6 Å². The van der Waals surface area contributed by atoms with Crippen LogP contribution in [0.1, 0.15) is 5.69 Å². The highest BCUT2D eigenvalue weighted by atomic mass is 19.4. The first-order valence-corrected chi connectivity index (χ1v) is 4.32. The van der Waals surface area contributed by atoms with Gasteiger partial charge in [0, 0.05) is 6.07 Å². The van der Waals surface area contributed by atoms with Crippen LogP contribution in [0.15, 0.2) is 6.07 Å². The summed E-state index contributed by atoms with van der Waals surface area (Å²) in [4.78, 5) is 12.8. The molecular weight excluding hydrogens is 264 g/mol. The van der Waals surface area contributed by atoms with Crippen LogP contribution in [0.25, 0.3) is 0 Å². The number of halogens is 4. The van der Waals surface area contributed by atoms with Crippen molar-refractivity contribution in [3.63, 3.8) is 0 Å². The van der Waals surface area contributed by atoms with E-state index in [0.29, 0.717) is 6.07 Å². The van der Waals surface area contributed by atoms with Crippen molar-refractivity contribution in [2.45, 2.75) is 13.0 Å². The third kappa shape index (κ3) is 3.18. The minimum Gasteiger partial charge on any atom is -0.478 e. The molecule has 1 aromatic heterocycles. The van der Waals surface area contributed by atoms with Gasteiger partial charge < -0.3 is 9.47 Å². The van der Waals surface area contributed by atoms with E-state index in [9.17, 15) is 27.7 Å². The molecular formula is C8H6F4N2O4. The second-order valence-corrected chi connectivity index (χ2v) is 2.91. The van der Waals surface area contributed by atoms with E-state index >= 15 is 0 Å². The highest BCUT2D eigenvalue weighted by Crippen LogP contribution is 2.39. The summed E-state index contributed by atoms with van der Waals surface area (Å²) in [7, 11) is 0.928. The summed E-state index contributed by atoms with van der Waals surface area (Å²) in [5.74, 6) is -2.03. The summed E-state index contributed by atoms with van der Waals surface area (Å²) >= 11 is 0. The normalized spacial score (nSPS) is 11.2. The van der Waals surface area contributed by atoms with Gasteiger partial charge in [0.15, 0.2) is 0 Å². The van der Waals surface area contributed by atoms with E-state index in [4.69, 9.17) is 0 Å². The zero-order valence-electron chi connectivity index (χ0n) is 8.82. The minimum atomic E-state index is -5.16. The third-order valence-corrected chi connectivity index (χ3v) is 1.72. The Morgan fingerprint density at radius 3 is 2.50 bits per heavy atom. The molecule has 18 heavy (non-hydrogen) atoms. The standard InChI is InChI=1S/C8H6F4N2O4/c1-17-7-6(18-8(10,11)12)5(14(15)16)2-4(3-9)13-7/h2H,3H2,1H3. The Kier molecular flexibility index (Phi) is 3.89. The molecule has 1 heterocycles. The van der Waals surface area contributed by atoms with E-state index in [1.54, 1.807) is 0 Å². The Balaban J connectivity index is 3.39. The van der Waals surface area contributed by atoms with E-state index < -0.39 is 41.0 Å². The molecule has 0 aliphatic heterocycles. The Bertz CT molecular complexity index is 463. The second-order valence-electron chi connectivity index (χ2n) is 2.91. The molecule has 6 nitrogen and oxygen atoms in total. The van der Waals surface area contributed by atoms with E-state index in [0.717, 1.165) is 7.11 Å². The molecule has 0 fully saturated rings. The molecule has 0 aliphatic rings. The van der Waals surface area contributed by atoms with Gasteiger partial charge in [0.1, 0.15) is 6.67 Å². The van der Waals surface area contributed by atoms with Crippen LogP contribution in [0, 0.1) is 10.1 Å². The van der Waals surface area contributed by atoms with Crippen LogP contribution in [0.2, 0.25) is 0 Å². The summed E-state index contributed by atoms with van der Waals surface area (Å²) in [6.07, 6.45) is -5.16. The summed E-state index contributed by atoms with van der Waals surface area (Å²) in [6.45, 7) is -1.19. The maximum atomic E-state index is 12.4. The zero-order chi connectivity index (χ0) is 13.9. The van der Waals surface area contributed by atoms with Crippen molar-refractivity contribution in [3.05, 3.63) is 21.9 Å². The first kappa shape index (κ1) is 13.9. The van der Waals surface area contributed by atoms with Crippen molar-refractivity contribution in [1.82, 2.24) is 4.98 Å². The van der Waals surface area contributed by atoms with Crippen LogP contribution in [0.4, 0.5) is 23.2 Å². The smallest absolute Gasteiger partial charge is 0.478 e. The predicted octanol–water partition coefficient (Wildman–Crippen LogP) is 2.37. The lowest BCUT2D eigenvalue weighted by molar-refractivity contribution is -0.388. The quantitative estimate of drug-likeness (QED) is 0.477. The van der Waals surface area contributed by atoms with Crippen molar-refractivity contribution >= 4 is 5.69 Å². The topological polar surface area (TPSA) is 74.5 Å². The molecule has 0 N–H and O–H groups in total. The fraction of sp³-hybridized carbons (Fsp3) is 0.375. The van der Waals surface area contributed by atoms with E-state index in [2.05, 4.69) is 14.5 Å². The lowest BCUT2D eigenvalue weighted by Crippen LogP contribution is -2.19. The predicted molar refractivity (Wildman–Crippen MR) is 48.9 cm³/mol. The van der Waals surface area contributed by atoms with Crippen LogP contribution in [-0.4, -0.2) is 23.4 Å². The van der Waals surface area contributed by atoms with Gasteiger partial charge >= 0.3 is 12.0 Å². The molecule has 0 aliphatic carbocycles. The van der Waals surface area contributed by atoms with Gasteiger partial charge in [0.05, 0.1) is 17.7 Å². The van der Waals surface area contributed by atoms with E-state index in [-0.39, 0.29) is 0 Å². The number of hydrogen-bond donors (Lipinski definition) is 0. The number of methoxy groups -OCH3 is 1. The van der Waals surface area contributed by atoms with Gasteiger partial charge in [-0.3, -0.25) is 10.1 Å². The fourth-order valence-electron chi connectivity index (χ4n) is 1.10. The van der Waals surface area contributed by atoms with E-state index in [1.807, 2.05) is 0 Å². The lowest BCUT2D eigenvalue weighted by atomic mass is 10.3. The number of ether oxygens (including phenoxy) is 2. The van der Waals surface area contributed by atoms with Gasteiger partial charge in [-0.15, -0.1) is 13.2 Å². The largest absolute Gasteiger partial charge is 0.573 e. The molecule has 0 bridgehead atoms. The summed E-state index contributed by atoms with van der Waals surface area (Å²) in [5, 5.41) is 10.6. The number of aromatic nitrogens is 1. The van der Waals surface area contributed by atoms with Crippen LogP contribution in [-0.2, 0) is 6.67 Å². The molecule has 0 aromatic carbocycles. The van der Waals surface area contributed by atoms with Crippen LogP contribution in [0.5, 0.6) is 11.6 Å². The van der Waals surface area contributed by atoms with Gasteiger partial charge in [-0.1, -0.05) is 0 Å². The number of hydrogen-bond acceptors (Lipinski definition) is 5. The maximum Gasteiger partial charge on any atom is 0.573 e. The average Bonchev–Trinajstić information content (AvgIpc) is 2.26. The molecule has 10 heteroatoms. The molecule has 100 valence electrons. The van der Waals surface area contributed by atoms with Crippen molar-refractivity contribution in [3.8, 4) is 11.6 Å². The zero-order valence-corrected chi connectivity index (χ0v) is 8.82. The van der Waals surface area contributed by atoms with Gasteiger partial charge in [-0.2, -0.15) is 0 Å². The molecule has 1 rings (SSSR count). The van der Waals surface area contributed by atoms with Crippen LogP contribution < -0.4 is 9.47 Å². The van der Waals surface area contributed by atoms with Crippen LogP contribution >= 0.6 is 0 Å². The first-order valence-electron chi connectivity index (χ1n) is 4.32. The Hall–Kier alpha value is -2.13. The monoisotopic (exact) mass is 270 g/mol. The van der Waals surface area contributed by atoms with Crippen molar-refractivity contribution in [2.24, 2.45) is 0 Å². The van der Waals surface area contributed by atoms with Gasteiger partial charge in [-0.25, -0.2) is 9.37 Å². The Labute approximate surface area is 97.3 Å². The summed E-state index contributed by atoms with van der Waals surface area (Å²) in [5.41, 5.74) is -1.51. The maximum absolute atomic E-state index is 12.4. The van der Waals surface area contributed by atoms with Gasteiger partial charge in [-0.05, 0) is 0 Å². The summed E-state index contributed by atoms with van der Waals surface area (Å²) in [6, 6.07) is 0.545. The van der Waals surface area contributed by atoms with Crippen molar-refractivity contribution < 1.29 is 32.0 Å². The number of rotatable bonds is 4. The highest BCUT2D eigenvalue weighted by Gasteiger charge is 2.37. The van der Waals surface area contributed by atoms with Gasteiger partial charge in [0.2, 0.25) is 0 Å². The number of nitro groups is 1. The lowest BCUT2D eigenvalue weighted by Gasteiger charge is -2.12. The molecule has 0 saturated carbocycles. The molecule has 0 spiro atoms. The number of pyridine rings is 1. The van der Waals surface area contributed by atoms with Crippen molar-refractivity contribution in [2.75, 3.05) is 7.11 Å². The highest BCUT2D eigenvalue weighted by molar-refractivity contribution is 5.53. The third-order valence-electron chi connectivity index (χ3n) is 1.72. The second kappa shape index (κ2) is 5.02. The molecule has 0 amide bonds. The number of nitrogens with zero attached hydrogens (tertiary/aromatic N) is 2. The molecule has 0 saturated heterocycles. The number of alkyl halides is 4. The molecule has 0 atom stereocenters. The molecule has 0 radical (unpaired) electrons. The average molecular weight is 270 g/mol. The minimum absolute atomic E-state index is 0.437. The van der Waals surface area contributed by atoms with E-state index in [1.165, 1.54) is 0 Å². The van der Waals surface area contributed by atoms with Crippen LogP contribution in [0.3, 0.4) is 0 Å². The SMILES string of the molecule is COc1nc(CF)cc([N+](=O)[O-])c1OC(F)(F)F. The first-order chi connectivity index (χ1) is 8.28. The van der Waals surface area contributed by atoms with Crippen molar-refractivity contribution in [1.29, 1.82) is 0 Å². The fourth-order valence-corrected chi connectivity index (χ4v) is 1.10. The molecule has 1 aromatic rings. The Morgan fingerprint density at radius 2 is 2.11 bits per heavy atom. The summed E-state index contributed by atoms with van der Waals surface area (Å²) < 4.78 is 56.5. The molecule has 0 unspecified atom stereocenters.